The summed E-state index contributed by atoms with van der Waals surface area (Å²) in [5.74, 6) is 1.09. The second-order valence-corrected chi connectivity index (χ2v) is 4.37. The normalized spacial score (nSPS) is 16.8. The Balaban J connectivity index is 2.85. The predicted octanol–water partition coefficient (Wildman–Crippen LogP) is 2.53. The van der Waals surface area contributed by atoms with Crippen LogP contribution >= 0.6 is 0 Å². The molecule has 0 aliphatic rings. The Morgan fingerprint density at radius 2 is 2.12 bits per heavy atom. The summed E-state index contributed by atoms with van der Waals surface area (Å²) in [6, 6.07) is -0.177. The molecular weight excluding hydrogens is 218 g/mol. The fraction of sp³-hybridized carbons (Fsp3) is 0.833. The van der Waals surface area contributed by atoms with Crippen molar-refractivity contribution in [3.63, 3.8) is 0 Å². The largest absolute Gasteiger partial charge is 0.367 e. The molecule has 5 heteroatoms. The van der Waals surface area contributed by atoms with Crippen molar-refractivity contribution in [3.05, 3.63) is 11.7 Å². The molecule has 0 aliphatic carbocycles. The molecule has 17 heavy (non-hydrogen) atoms. The molecule has 1 aromatic heterocycles. The van der Waals surface area contributed by atoms with E-state index in [0.717, 1.165) is 19.3 Å². The van der Waals surface area contributed by atoms with E-state index in [0.29, 0.717) is 18.3 Å². The second kappa shape index (κ2) is 6.12. The fourth-order valence-corrected chi connectivity index (χ4v) is 1.68. The average molecular weight is 241 g/mol. The zero-order chi connectivity index (χ0) is 12.9. The molecule has 1 aromatic rings. The first kappa shape index (κ1) is 14.1. The smallest absolute Gasteiger partial charge is 0.243 e. The van der Waals surface area contributed by atoms with Crippen LogP contribution in [0.25, 0.3) is 0 Å². The minimum atomic E-state index is -0.484. The average Bonchev–Trinajstić information content (AvgIpc) is 2.79. The highest BCUT2D eigenvalue weighted by atomic mass is 16.5. The van der Waals surface area contributed by atoms with Gasteiger partial charge in [0, 0.05) is 6.61 Å². The van der Waals surface area contributed by atoms with Gasteiger partial charge in [-0.15, -0.1) is 0 Å². The molecule has 5 nitrogen and oxygen atoms in total. The lowest BCUT2D eigenvalue weighted by molar-refractivity contribution is -0.0403. The molecule has 98 valence electrons. The van der Waals surface area contributed by atoms with Gasteiger partial charge in [0.1, 0.15) is 5.60 Å². The second-order valence-electron chi connectivity index (χ2n) is 4.37. The summed E-state index contributed by atoms with van der Waals surface area (Å²) >= 11 is 0. The number of nitrogens with two attached hydrogens (primary N) is 1. The monoisotopic (exact) mass is 241 g/mol. The van der Waals surface area contributed by atoms with Crippen LogP contribution in [0.2, 0.25) is 0 Å². The van der Waals surface area contributed by atoms with Crippen molar-refractivity contribution >= 4 is 0 Å². The molecule has 2 atom stereocenters. The van der Waals surface area contributed by atoms with Gasteiger partial charge in [-0.3, -0.25) is 0 Å². The van der Waals surface area contributed by atoms with Gasteiger partial charge in [0.15, 0.2) is 0 Å². The molecule has 0 bridgehead atoms. The first-order valence-corrected chi connectivity index (χ1v) is 6.31. The molecule has 0 aromatic carbocycles. The van der Waals surface area contributed by atoms with E-state index < -0.39 is 5.60 Å². The summed E-state index contributed by atoms with van der Waals surface area (Å²) in [7, 11) is 0. The molecule has 0 fully saturated rings. The van der Waals surface area contributed by atoms with E-state index in [1.165, 1.54) is 0 Å². The van der Waals surface area contributed by atoms with Crippen LogP contribution in [-0.4, -0.2) is 16.7 Å². The van der Waals surface area contributed by atoms with Gasteiger partial charge in [-0.1, -0.05) is 25.4 Å². The lowest BCUT2D eigenvalue weighted by atomic mass is 10.0. The fourth-order valence-electron chi connectivity index (χ4n) is 1.68. The van der Waals surface area contributed by atoms with Crippen LogP contribution in [0.1, 0.15) is 64.7 Å². The number of hydrogen-bond acceptors (Lipinski definition) is 5. The molecule has 0 saturated heterocycles. The lowest BCUT2D eigenvalue weighted by Gasteiger charge is -2.23. The van der Waals surface area contributed by atoms with E-state index in [1.54, 1.807) is 0 Å². The molecule has 0 amide bonds. The topological polar surface area (TPSA) is 74.2 Å². The number of ether oxygens (including phenoxy) is 1. The Bertz CT molecular complexity index is 340. The molecule has 0 spiro atoms. The zero-order valence-corrected chi connectivity index (χ0v) is 11.2. The first-order valence-electron chi connectivity index (χ1n) is 6.31. The highest BCUT2D eigenvalue weighted by Gasteiger charge is 2.31. The minimum Gasteiger partial charge on any atom is -0.367 e. The maximum Gasteiger partial charge on any atom is 0.243 e. The van der Waals surface area contributed by atoms with E-state index in [-0.39, 0.29) is 6.04 Å². The molecule has 1 unspecified atom stereocenters. The van der Waals surface area contributed by atoms with Crippen molar-refractivity contribution in [2.75, 3.05) is 6.61 Å². The van der Waals surface area contributed by atoms with Gasteiger partial charge in [0.25, 0.3) is 0 Å². The van der Waals surface area contributed by atoms with E-state index in [4.69, 9.17) is 15.0 Å². The van der Waals surface area contributed by atoms with Crippen LogP contribution in [0.3, 0.4) is 0 Å². The van der Waals surface area contributed by atoms with E-state index >= 15 is 0 Å². The Morgan fingerprint density at radius 1 is 1.41 bits per heavy atom. The maximum atomic E-state index is 5.94. The number of rotatable bonds is 7. The van der Waals surface area contributed by atoms with Crippen LogP contribution in [0, 0.1) is 0 Å². The highest BCUT2D eigenvalue weighted by Crippen LogP contribution is 2.27. The summed E-state index contributed by atoms with van der Waals surface area (Å²) in [6.45, 7) is 8.66. The zero-order valence-electron chi connectivity index (χ0n) is 11.2. The van der Waals surface area contributed by atoms with E-state index in [1.807, 2.05) is 20.8 Å². The van der Waals surface area contributed by atoms with Gasteiger partial charge >= 0.3 is 0 Å². The van der Waals surface area contributed by atoms with Crippen molar-refractivity contribution in [1.82, 2.24) is 10.1 Å². The van der Waals surface area contributed by atoms with Gasteiger partial charge in [-0.25, -0.2) is 0 Å². The molecule has 2 N–H and O–H groups in total. The molecule has 0 aliphatic heterocycles. The third-order valence-corrected chi connectivity index (χ3v) is 2.97. The van der Waals surface area contributed by atoms with Crippen LogP contribution in [0.4, 0.5) is 0 Å². The Labute approximate surface area is 103 Å². The van der Waals surface area contributed by atoms with Gasteiger partial charge in [-0.05, 0) is 26.7 Å². The van der Waals surface area contributed by atoms with E-state index in [2.05, 4.69) is 17.1 Å². The van der Waals surface area contributed by atoms with Gasteiger partial charge in [-0.2, -0.15) is 4.98 Å². The van der Waals surface area contributed by atoms with E-state index in [9.17, 15) is 0 Å². The molecule has 1 heterocycles. The standard InChI is InChI=1S/C12H23N3O2/c1-5-8-9(13)10-14-11(15-17-10)12(4,6-2)16-7-3/h9H,5-8,13H2,1-4H3/t9-,12?/m0/s1. The van der Waals surface area contributed by atoms with Crippen molar-refractivity contribution in [2.24, 2.45) is 5.73 Å². The van der Waals surface area contributed by atoms with Crippen molar-refractivity contribution in [2.45, 2.75) is 58.6 Å². The maximum absolute atomic E-state index is 5.94. The molecule has 1 rings (SSSR count). The Morgan fingerprint density at radius 3 is 2.65 bits per heavy atom. The van der Waals surface area contributed by atoms with Crippen molar-refractivity contribution < 1.29 is 9.26 Å². The summed E-state index contributed by atoms with van der Waals surface area (Å²) < 4.78 is 10.9. The summed E-state index contributed by atoms with van der Waals surface area (Å²) in [4.78, 5) is 4.36. The van der Waals surface area contributed by atoms with Crippen LogP contribution < -0.4 is 5.73 Å². The van der Waals surface area contributed by atoms with Gasteiger partial charge in [0.05, 0.1) is 6.04 Å². The molecule has 0 saturated carbocycles. The van der Waals surface area contributed by atoms with Crippen molar-refractivity contribution in [1.29, 1.82) is 0 Å². The van der Waals surface area contributed by atoms with Crippen LogP contribution in [-0.2, 0) is 10.3 Å². The number of aromatic nitrogens is 2. The molecular formula is C12H23N3O2. The summed E-state index contributed by atoms with van der Waals surface area (Å²) in [5.41, 5.74) is 5.46. The predicted molar refractivity (Wildman–Crippen MR) is 65.4 cm³/mol. The van der Waals surface area contributed by atoms with Gasteiger partial charge < -0.3 is 15.0 Å². The summed E-state index contributed by atoms with van der Waals surface area (Å²) in [5, 5.41) is 3.99. The number of hydrogen-bond donors (Lipinski definition) is 1. The van der Waals surface area contributed by atoms with Gasteiger partial charge in [0.2, 0.25) is 11.7 Å². The third kappa shape index (κ3) is 3.26. The summed E-state index contributed by atoms with van der Waals surface area (Å²) in [6.07, 6.45) is 2.64. The Hall–Kier alpha value is -0.940. The molecule has 0 radical (unpaired) electrons. The Kier molecular flexibility index (Phi) is 5.08. The van der Waals surface area contributed by atoms with Crippen molar-refractivity contribution in [3.8, 4) is 0 Å². The third-order valence-electron chi connectivity index (χ3n) is 2.97. The van der Waals surface area contributed by atoms with Crippen LogP contribution in [0.15, 0.2) is 4.52 Å². The SMILES string of the molecule is CCC[C@H](N)c1nc(C(C)(CC)OCC)no1. The lowest BCUT2D eigenvalue weighted by Crippen LogP contribution is -2.26. The highest BCUT2D eigenvalue weighted by molar-refractivity contribution is 5.01. The minimum absolute atomic E-state index is 0.177. The quantitative estimate of drug-likeness (QED) is 0.794. The van der Waals surface area contributed by atoms with Crippen LogP contribution in [0.5, 0.6) is 0 Å². The first-order chi connectivity index (χ1) is 8.07. The number of nitrogens with zero attached hydrogens (tertiary/aromatic N) is 2.